The fraction of sp³-hybridized carbons (Fsp3) is 0.600. The number of hydrogen-bond donors (Lipinski definition) is 1. The molecule has 1 aromatic carbocycles. The van der Waals surface area contributed by atoms with Crippen molar-refractivity contribution in [3.63, 3.8) is 0 Å². The van der Waals surface area contributed by atoms with Gasteiger partial charge in [0, 0.05) is 5.56 Å². The van der Waals surface area contributed by atoms with Gasteiger partial charge in [-0.25, -0.2) is 9.57 Å². The number of nitrogens with zero attached hydrogens (tertiary/aromatic N) is 2. The maximum atomic E-state index is 6.38. The summed E-state index contributed by atoms with van der Waals surface area (Å²) in [7, 11) is 1.69. The number of methoxy groups -OCH3 is 1. The van der Waals surface area contributed by atoms with Gasteiger partial charge in [0.25, 0.3) is 5.84 Å². The Bertz CT molecular complexity index is 610. The predicted octanol–water partition coefficient (Wildman–Crippen LogP) is 3.90. The van der Waals surface area contributed by atoms with Crippen LogP contribution >= 0.6 is 0 Å². The fourth-order valence-electron chi connectivity index (χ4n) is 3.89. The van der Waals surface area contributed by atoms with Crippen LogP contribution in [0.25, 0.3) is 0 Å². The van der Waals surface area contributed by atoms with Crippen LogP contribution in [0, 0.1) is 5.92 Å². The van der Waals surface area contributed by atoms with Gasteiger partial charge in [-0.15, -0.1) is 0 Å². The summed E-state index contributed by atoms with van der Waals surface area (Å²) in [6, 6.07) is 8.21. The Morgan fingerprint density at radius 2 is 1.71 bits per heavy atom. The number of nitrogens with two attached hydrogens (primary N) is 1. The Morgan fingerprint density at radius 3 is 2.33 bits per heavy atom. The highest BCUT2D eigenvalue weighted by molar-refractivity contribution is 6.38. The van der Waals surface area contributed by atoms with E-state index in [-0.39, 0.29) is 6.17 Å². The number of amidine groups is 1. The third-order valence-electron chi connectivity index (χ3n) is 5.38. The number of benzene rings is 1. The maximum absolute atomic E-state index is 6.38. The molecule has 4 nitrogen and oxygen atoms in total. The zero-order valence-corrected chi connectivity index (χ0v) is 15.0. The molecule has 1 atom stereocenters. The minimum atomic E-state index is 0.0151. The van der Waals surface area contributed by atoms with Gasteiger partial charge in [-0.3, -0.25) is 5.73 Å². The average Bonchev–Trinajstić information content (AvgIpc) is 2.85. The first-order chi connectivity index (χ1) is 11.7. The van der Waals surface area contributed by atoms with E-state index in [9.17, 15) is 0 Å². The number of hydrogen-bond acceptors (Lipinski definition) is 3. The second-order valence-corrected chi connectivity index (χ2v) is 7.11. The van der Waals surface area contributed by atoms with Crippen LogP contribution in [0.15, 0.2) is 29.3 Å². The third-order valence-corrected chi connectivity index (χ3v) is 5.38. The molecular formula is C20H30N3O+. The first-order valence-electron chi connectivity index (χ1n) is 9.27. The molecule has 1 fully saturated rings. The van der Waals surface area contributed by atoms with E-state index in [4.69, 9.17) is 15.5 Å². The summed E-state index contributed by atoms with van der Waals surface area (Å²) < 4.78 is 7.58. The van der Waals surface area contributed by atoms with Crippen LogP contribution < -0.4 is 10.5 Å². The lowest BCUT2D eigenvalue weighted by atomic mass is 9.91. The SMILES string of the molecule is COc1ccc(C2N=C(C)C(N)=[N+]2CC2CCCCCCC2)cc1. The van der Waals surface area contributed by atoms with E-state index < -0.39 is 0 Å². The van der Waals surface area contributed by atoms with Crippen molar-refractivity contribution in [2.75, 3.05) is 13.7 Å². The topological polar surface area (TPSA) is 50.6 Å². The zero-order chi connectivity index (χ0) is 16.9. The molecule has 0 spiro atoms. The average molecular weight is 328 g/mol. The van der Waals surface area contributed by atoms with Crippen LogP contribution in [-0.2, 0) is 0 Å². The maximum Gasteiger partial charge on any atom is 0.291 e. The molecule has 0 amide bonds. The highest BCUT2D eigenvalue weighted by Crippen LogP contribution is 2.29. The van der Waals surface area contributed by atoms with Gasteiger partial charge in [-0.1, -0.05) is 32.1 Å². The molecule has 24 heavy (non-hydrogen) atoms. The largest absolute Gasteiger partial charge is 0.497 e. The van der Waals surface area contributed by atoms with Gasteiger partial charge < -0.3 is 4.74 Å². The van der Waals surface area contributed by atoms with Crippen molar-refractivity contribution >= 4 is 11.5 Å². The first-order valence-corrected chi connectivity index (χ1v) is 9.27. The smallest absolute Gasteiger partial charge is 0.291 e. The molecule has 1 aliphatic heterocycles. The van der Waals surface area contributed by atoms with Crippen molar-refractivity contribution in [2.45, 2.75) is 58.0 Å². The standard InChI is InChI=1S/C20H29N3O/c1-15-19(21)23(14-16-8-6-4-3-5-7-9-16)20(22-15)17-10-12-18(24-2)13-11-17/h10-13,16,20-21H,3-9,14H2,1-2H3/p+1. The molecule has 3 rings (SSSR count). The van der Waals surface area contributed by atoms with Crippen LogP contribution in [0.3, 0.4) is 0 Å². The lowest BCUT2D eigenvalue weighted by Gasteiger charge is -2.22. The minimum Gasteiger partial charge on any atom is -0.497 e. The summed E-state index contributed by atoms with van der Waals surface area (Å²) >= 11 is 0. The van der Waals surface area contributed by atoms with Crippen molar-refractivity contribution in [2.24, 2.45) is 16.6 Å². The van der Waals surface area contributed by atoms with Crippen molar-refractivity contribution in [3.8, 4) is 5.75 Å². The lowest BCUT2D eigenvalue weighted by molar-refractivity contribution is -0.573. The number of ether oxygens (including phenoxy) is 1. The van der Waals surface area contributed by atoms with Crippen LogP contribution in [-0.4, -0.2) is 29.8 Å². The summed E-state index contributed by atoms with van der Waals surface area (Å²) in [6.45, 7) is 3.04. The Hall–Kier alpha value is -1.84. The van der Waals surface area contributed by atoms with E-state index in [2.05, 4.69) is 16.7 Å². The van der Waals surface area contributed by atoms with Gasteiger partial charge in [0.1, 0.15) is 11.5 Å². The van der Waals surface area contributed by atoms with E-state index in [1.165, 1.54) is 50.5 Å². The summed E-state index contributed by atoms with van der Waals surface area (Å²) in [6.07, 6.45) is 9.52. The van der Waals surface area contributed by atoms with Gasteiger partial charge >= 0.3 is 0 Å². The van der Waals surface area contributed by atoms with Gasteiger partial charge in [-0.05, 0) is 49.9 Å². The van der Waals surface area contributed by atoms with E-state index in [1.807, 2.05) is 19.1 Å². The molecule has 1 saturated carbocycles. The molecule has 2 aliphatic rings. The lowest BCUT2D eigenvalue weighted by Crippen LogP contribution is -2.33. The summed E-state index contributed by atoms with van der Waals surface area (Å²) in [5, 5.41) is 0. The van der Waals surface area contributed by atoms with Crippen molar-refractivity contribution < 1.29 is 9.31 Å². The van der Waals surface area contributed by atoms with Gasteiger partial charge in [0.2, 0.25) is 6.17 Å². The molecule has 4 heteroatoms. The van der Waals surface area contributed by atoms with Crippen LogP contribution in [0.4, 0.5) is 0 Å². The Kier molecular flexibility index (Phi) is 5.54. The fourth-order valence-corrected chi connectivity index (χ4v) is 3.89. The summed E-state index contributed by atoms with van der Waals surface area (Å²) in [4.78, 5) is 4.82. The second kappa shape index (κ2) is 7.82. The Morgan fingerprint density at radius 1 is 1.08 bits per heavy atom. The van der Waals surface area contributed by atoms with Gasteiger partial charge in [0.05, 0.1) is 13.7 Å². The molecule has 1 unspecified atom stereocenters. The van der Waals surface area contributed by atoms with Crippen molar-refractivity contribution in [3.05, 3.63) is 29.8 Å². The third kappa shape index (κ3) is 3.80. The molecule has 0 aromatic heterocycles. The van der Waals surface area contributed by atoms with E-state index in [1.54, 1.807) is 7.11 Å². The molecule has 1 aromatic rings. The molecule has 2 N–H and O–H groups in total. The highest BCUT2D eigenvalue weighted by Gasteiger charge is 2.32. The Labute approximate surface area is 145 Å². The normalized spacial score (nSPS) is 22.9. The molecule has 0 radical (unpaired) electrons. The monoisotopic (exact) mass is 328 g/mol. The number of rotatable bonds is 4. The first kappa shape index (κ1) is 17.0. The van der Waals surface area contributed by atoms with Crippen molar-refractivity contribution in [1.82, 2.24) is 0 Å². The molecule has 1 aliphatic carbocycles. The van der Waals surface area contributed by atoms with Gasteiger partial charge in [-0.2, -0.15) is 0 Å². The molecule has 130 valence electrons. The number of aliphatic imine (C=N–C) groups is 1. The van der Waals surface area contributed by atoms with E-state index >= 15 is 0 Å². The van der Waals surface area contributed by atoms with Crippen LogP contribution in [0.1, 0.15) is 63.6 Å². The molecule has 1 heterocycles. The Balaban J connectivity index is 1.78. The minimum absolute atomic E-state index is 0.0151. The summed E-state index contributed by atoms with van der Waals surface area (Å²) in [5.74, 6) is 2.45. The summed E-state index contributed by atoms with van der Waals surface area (Å²) in [5.41, 5.74) is 8.52. The zero-order valence-electron chi connectivity index (χ0n) is 15.0. The quantitative estimate of drug-likeness (QED) is 0.852. The van der Waals surface area contributed by atoms with E-state index in [0.29, 0.717) is 0 Å². The van der Waals surface area contributed by atoms with E-state index in [0.717, 1.165) is 29.8 Å². The second-order valence-electron chi connectivity index (χ2n) is 7.11. The van der Waals surface area contributed by atoms with Gasteiger partial charge in [0.15, 0.2) is 0 Å². The van der Waals surface area contributed by atoms with Crippen LogP contribution in [0.5, 0.6) is 5.75 Å². The van der Waals surface area contributed by atoms with Crippen LogP contribution in [0.2, 0.25) is 0 Å². The van der Waals surface area contributed by atoms with Crippen molar-refractivity contribution in [1.29, 1.82) is 0 Å². The molecular weight excluding hydrogens is 298 g/mol. The highest BCUT2D eigenvalue weighted by atomic mass is 16.5. The molecule has 0 bridgehead atoms. The predicted molar refractivity (Wildman–Crippen MR) is 99.0 cm³/mol. The molecule has 0 saturated heterocycles.